The highest BCUT2D eigenvalue weighted by atomic mass is 16.5. The zero-order valence-corrected chi connectivity index (χ0v) is 11.5. The van der Waals surface area contributed by atoms with E-state index < -0.39 is 0 Å². The normalized spacial score (nSPS) is 22.2. The minimum Gasteiger partial charge on any atom is -0.494 e. The molecule has 104 valence electrons. The van der Waals surface area contributed by atoms with Gasteiger partial charge in [-0.25, -0.2) is 0 Å². The fraction of sp³-hybridized carbons (Fsp3) is 0.533. The standard InChI is InChI=1S/C15H21NO3/c1-3-18-12-7-5-6-11(8-12)13-9-16-10-14(13)15(17)19-4-2/h5-8,13-14,16H,3-4,9-10H2,1-2H3. The number of carbonyl (C=O) groups excluding carboxylic acids is 1. The number of hydrogen-bond donors (Lipinski definition) is 1. The van der Waals surface area contributed by atoms with Crippen LogP contribution in [-0.4, -0.2) is 32.3 Å². The van der Waals surface area contributed by atoms with Crippen molar-refractivity contribution in [1.29, 1.82) is 0 Å². The smallest absolute Gasteiger partial charge is 0.310 e. The van der Waals surface area contributed by atoms with Crippen molar-refractivity contribution in [2.45, 2.75) is 19.8 Å². The summed E-state index contributed by atoms with van der Waals surface area (Å²) in [6.45, 7) is 6.37. The summed E-state index contributed by atoms with van der Waals surface area (Å²) in [5.74, 6) is 0.810. The van der Waals surface area contributed by atoms with Crippen molar-refractivity contribution in [2.75, 3.05) is 26.3 Å². The molecule has 4 nitrogen and oxygen atoms in total. The Bertz CT molecular complexity index is 433. The van der Waals surface area contributed by atoms with Crippen LogP contribution >= 0.6 is 0 Å². The number of esters is 1. The molecule has 1 aromatic carbocycles. The van der Waals surface area contributed by atoms with Gasteiger partial charge in [-0.2, -0.15) is 0 Å². The second-order valence-electron chi connectivity index (χ2n) is 4.63. The molecule has 2 unspecified atom stereocenters. The molecule has 1 N–H and O–H groups in total. The van der Waals surface area contributed by atoms with Gasteiger partial charge in [0.1, 0.15) is 5.75 Å². The third-order valence-corrected chi connectivity index (χ3v) is 3.40. The molecule has 2 atom stereocenters. The Kier molecular flexibility index (Phi) is 4.80. The van der Waals surface area contributed by atoms with Crippen LogP contribution in [0.25, 0.3) is 0 Å². The first-order valence-corrected chi connectivity index (χ1v) is 6.86. The van der Waals surface area contributed by atoms with Crippen LogP contribution in [0, 0.1) is 5.92 Å². The third-order valence-electron chi connectivity index (χ3n) is 3.40. The minimum atomic E-state index is -0.112. The summed E-state index contributed by atoms with van der Waals surface area (Å²) in [5, 5.41) is 3.27. The predicted octanol–water partition coefficient (Wildman–Crippen LogP) is 1.95. The van der Waals surface area contributed by atoms with Crippen molar-refractivity contribution >= 4 is 5.97 Å². The van der Waals surface area contributed by atoms with Gasteiger partial charge in [0, 0.05) is 19.0 Å². The SMILES string of the molecule is CCOC(=O)C1CNCC1c1cccc(OCC)c1. The number of carbonyl (C=O) groups is 1. The van der Waals surface area contributed by atoms with Crippen LogP contribution in [0.15, 0.2) is 24.3 Å². The maximum Gasteiger partial charge on any atom is 0.310 e. The fourth-order valence-corrected chi connectivity index (χ4v) is 2.53. The van der Waals surface area contributed by atoms with Gasteiger partial charge >= 0.3 is 5.97 Å². The summed E-state index contributed by atoms with van der Waals surface area (Å²) in [6, 6.07) is 7.98. The second kappa shape index (κ2) is 6.57. The minimum absolute atomic E-state index is 0.100. The Balaban J connectivity index is 2.15. The second-order valence-corrected chi connectivity index (χ2v) is 4.63. The first kappa shape index (κ1) is 13.9. The number of ether oxygens (including phenoxy) is 2. The summed E-state index contributed by atoms with van der Waals surface area (Å²) in [6.07, 6.45) is 0. The molecule has 1 aromatic rings. The van der Waals surface area contributed by atoms with E-state index in [1.165, 1.54) is 0 Å². The molecule has 0 radical (unpaired) electrons. The monoisotopic (exact) mass is 263 g/mol. The quantitative estimate of drug-likeness (QED) is 0.825. The van der Waals surface area contributed by atoms with E-state index in [0.717, 1.165) is 17.9 Å². The van der Waals surface area contributed by atoms with Crippen LogP contribution in [0.4, 0.5) is 0 Å². The zero-order valence-electron chi connectivity index (χ0n) is 11.5. The van der Waals surface area contributed by atoms with Gasteiger partial charge in [-0.3, -0.25) is 4.79 Å². The van der Waals surface area contributed by atoms with E-state index in [-0.39, 0.29) is 17.8 Å². The summed E-state index contributed by atoms with van der Waals surface area (Å²) in [5.41, 5.74) is 1.13. The van der Waals surface area contributed by atoms with Gasteiger partial charge in [-0.15, -0.1) is 0 Å². The van der Waals surface area contributed by atoms with Crippen molar-refractivity contribution in [3.8, 4) is 5.75 Å². The molecule has 2 rings (SSSR count). The number of nitrogens with one attached hydrogen (secondary N) is 1. The Hall–Kier alpha value is -1.55. The van der Waals surface area contributed by atoms with Gasteiger partial charge in [-0.1, -0.05) is 12.1 Å². The molecule has 1 aliphatic rings. The zero-order chi connectivity index (χ0) is 13.7. The number of benzene rings is 1. The number of rotatable bonds is 5. The lowest BCUT2D eigenvalue weighted by atomic mass is 9.89. The Labute approximate surface area is 114 Å². The third kappa shape index (κ3) is 3.26. The Morgan fingerprint density at radius 1 is 1.32 bits per heavy atom. The molecule has 0 amide bonds. The molecule has 1 heterocycles. The molecule has 19 heavy (non-hydrogen) atoms. The maximum atomic E-state index is 11.9. The van der Waals surface area contributed by atoms with E-state index in [1.807, 2.05) is 38.1 Å². The molecule has 1 saturated heterocycles. The first-order chi connectivity index (χ1) is 9.26. The topological polar surface area (TPSA) is 47.6 Å². The average molecular weight is 263 g/mol. The molecular formula is C15H21NO3. The van der Waals surface area contributed by atoms with E-state index in [0.29, 0.717) is 19.8 Å². The van der Waals surface area contributed by atoms with Crippen molar-refractivity contribution < 1.29 is 14.3 Å². The summed E-state index contributed by atoms with van der Waals surface area (Å²) in [4.78, 5) is 11.9. The highest BCUT2D eigenvalue weighted by Crippen LogP contribution is 2.31. The van der Waals surface area contributed by atoms with E-state index in [4.69, 9.17) is 9.47 Å². The van der Waals surface area contributed by atoms with E-state index in [9.17, 15) is 4.79 Å². The van der Waals surface area contributed by atoms with Crippen LogP contribution < -0.4 is 10.1 Å². The first-order valence-electron chi connectivity index (χ1n) is 6.86. The van der Waals surface area contributed by atoms with Crippen molar-refractivity contribution in [1.82, 2.24) is 5.32 Å². The molecule has 0 aromatic heterocycles. The molecule has 4 heteroatoms. The number of hydrogen-bond acceptors (Lipinski definition) is 4. The summed E-state index contributed by atoms with van der Waals surface area (Å²) >= 11 is 0. The van der Waals surface area contributed by atoms with Crippen LogP contribution in [0.3, 0.4) is 0 Å². The maximum absolute atomic E-state index is 11.9. The Morgan fingerprint density at radius 3 is 2.89 bits per heavy atom. The molecule has 1 aliphatic heterocycles. The van der Waals surface area contributed by atoms with Crippen LogP contribution in [0.1, 0.15) is 25.3 Å². The van der Waals surface area contributed by atoms with Gasteiger partial charge in [0.05, 0.1) is 19.1 Å². The van der Waals surface area contributed by atoms with Crippen LogP contribution in [0.5, 0.6) is 5.75 Å². The summed E-state index contributed by atoms with van der Waals surface area (Å²) in [7, 11) is 0. The molecule has 1 fully saturated rings. The van der Waals surface area contributed by atoms with E-state index in [2.05, 4.69) is 5.32 Å². The van der Waals surface area contributed by atoms with Gasteiger partial charge in [-0.05, 0) is 31.5 Å². The van der Waals surface area contributed by atoms with Crippen molar-refractivity contribution in [3.63, 3.8) is 0 Å². The lowest BCUT2D eigenvalue weighted by molar-refractivity contribution is -0.147. The molecule has 0 saturated carbocycles. The highest BCUT2D eigenvalue weighted by molar-refractivity contribution is 5.74. The highest BCUT2D eigenvalue weighted by Gasteiger charge is 2.35. The fourth-order valence-electron chi connectivity index (χ4n) is 2.53. The van der Waals surface area contributed by atoms with E-state index >= 15 is 0 Å². The van der Waals surface area contributed by atoms with Gasteiger partial charge in [0.2, 0.25) is 0 Å². The molecular weight excluding hydrogens is 242 g/mol. The average Bonchev–Trinajstić information content (AvgIpc) is 2.89. The molecule has 0 bridgehead atoms. The predicted molar refractivity (Wildman–Crippen MR) is 73.3 cm³/mol. The largest absolute Gasteiger partial charge is 0.494 e. The van der Waals surface area contributed by atoms with Crippen molar-refractivity contribution in [3.05, 3.63) is 29.8 Å². The van der Waals surface area contributed by atoms with Crippen LogP contribution in [-0.2, 0) is 9.53 Å². The summed E-state index contributed by atoms with van der Waals surface area (Å²) < 4.78 is 10.7. The van der Waals surface area contributed by atoms with Gasteiger partial charge in [0.25, 0.3) is 0 Å². The van der Waals surface area contributed by atoms with Crippen LogP contribution in [0.2, 0.25) is 0 Å². The van der Waals surface area contributed by atoms with E-state index in [1.54, 1.807) is 0 Å². The lowest BCUT2D eigenvalue weighted by Gasteiger charge is -2.18. The lowest BCUT2D eigenvalue weighted by Crippen LogP contribution is -2.24. The molecule has 0 spiro atoms. The van der Waals surface area contributed by atoms with Crippen molar-refractivity contribution in [2.24, 2.45) is 5.92 Å². The Morgan fingerprint density at radius 2 is 2.16 bits per heavy atom. The van der Waals surface area contributed by atoms with Gasteiger partial charge < -0.3 is 14.8 Å². The molecule has 0 aliphatic carbocycles. The van der Waals surface area contributed by atoms with Gasteiger partial charge in [0.15, 0.2) is 0 Å².